The van der Waals surface area contributed by atoms with Crippen molar-refractivity contribution in [2.75, 3.05) is 52.4 Å². The summed E-state index contributed by atoms with van der Waals surface area (Å²) in [6.07, 6.45) is 21.1. The molecule has 0 amide bonds. The molecule has 16 aliphatic rings. The van der Waals surface area contributed by atoms with Crippen LogP contribution in [0.15, 0.2) is 22.3 Å². The smallest absolute Gasteiger partial charge is 0.159 e. The summed E-state index contributed by atoms with van der Waals surface area (Å²) < 4.78 is 9.46. The fourth-order valence-corrected chi connectivity index (χ4v) is 32.4. The van der Waals surface area contributed by atoms with Crippen molar-refractivity contribution in [1.82, 2.24) is 19.6 Å². The minimum Gasteiger partial charge on any atom is -0.342 e. The zero-order valence-corrected chi connectivity index (χ0v) is 49.2. The van der Waals surface area contributed by atoms with Crippen molar-refractivity contribution in [3.63, 3.8) is 0 Å². The van der Waals surface area contributed by atoms with Crippen LogP contribution in [0.5, 0.6) is 0 Å². The Labute approximate surface area is 503 Å². The highest BCUT2D eigenvalue weighted by Gasteiger charge is 2.95. The third-order valence-electron chi connectivity index (χ3n) is 33.1. The maximum Gasteiger partial charge on any atom is 0.159 e. The molecule has 5 heteroatoms. The van der Waals surface area contributed by atoms with Crippen LogP contribution in [0.25, 0.3) is 215 Å². The van der Waals surface area contributed by atoms with Gasteiger partial charge >= 0.3 is 0 Å². The van der Waals surface area contributed by atoms with Crippen LogP contribution >= 0.6 is 0 Å². The Morgan fingerprint density at radius 1 is 0.169 bits per heavy atom. The van der Waals surface area contributed by atoms with E-state index in [2.05, 4.69) is 19.6 Å². The van der Waals surface area contributed by atoms with E-state index in [1.807, 2.05) is 55.7 Å². The normalized spacial score (nSPS) is 33.8. The van der Waals surface area contributed by atoms with Crippen molar-refractivity contribution < 1.29 is 4.74 Å². The molecule has 5 saturated heterocycles. The van der Waals surface area contributed by atoms with Gasteiger partial charge in [-0.15, -0.1) is 0 Å². The molecule has 5 heterocycles. The molecule has 0 N–H and O–H groups in total. The Morgan fingerprint density at radius 2 is 0.337 bits per heavy atom. The average Bonchev–Trinajstić information content (AvgIpc) is 1.36. The summed E-state index contributed by atoms with van der Waals surface area (Å²) in [5, 5.41) is 69.0. The standard InChI is InChI=1S/C84H48N4O/c1-2-10-18-85(17-9-1)79-65-55-45-35-30-25-26-28-29-27(25)32-38-36(30)46(45)56-58-48(38)50-40(32)42-34(29)44-43-33(28)41-39-31(26)37(35)47-49(39)59-61-51(41)53(43)63-64-54(44)52(42)62-60(50)70-68(58)80(66(56)65,86-19-11-3-4-12-20-86)76-75(79)77-81(69(59)67(79)57(47)55,87-21-13-5-6-14-22-87)71(61)73(63)83-74(64)72(62)82(70,78(76)84(77,83)89-83)88-23-15-7-8-16-24-88/h1-24H2/t79-,80+,81-,82+,83?,84?. The van der Waals surface area contributed by atoms with Crippen LogP contribution in [-0.4, -0.2) is 77.6 Å². The summed E-state index contributed by atoms with van der Waals surface area (Å²) in [5.41, 5.74) is 22.6. The number of ether oxygens (including phenoxy) is 1. The summed E-state index contributed by atoms with van der Waals surface area (Å²) in [5.74, 6) is 0. The van der Waals surface area contributed by atoms with Gasteiger partial charge in [-0.2, -0.15) is 0 Å². The van der Waals surface area contributed by atoms with E-state index in [1.165, 1.54) is 155 Å². The van der Waals surface area contributed by atoms with Gasteiger partial charge in [-0.25, -0.2) is 0 Å². The second kappa shape index (κ2) is 9.91. The molecule has 2 spiro atoms. The molecule has 6 atom stereocenters. The molecule has 0 radical (unpaired) electrons. The molecule has 37 rings (SSSR count). The Balaban J connectivity index is 1.01. The lowest BCUT2D eigenvalue weighted by Crippen LogP contribution is -2.63. The van der Waals surface area contributed by atoms with Gasteiger partial charge in [-0.3, -0.25) is 19.6 Å². The summed E-state index contributed by atoms with van der Waals surface area (Å²) in [6.45, 7) is 9.39. The largest absolute Gasteiger partial charge is 0.342 e. The van der Waals surface area contributed by atoms with Gasteiger partial charge in [0.25, 0.3) is 0 Å². The average molecular weight is 1130 g/mol. The van der Waals surface area contributed by atoms with Crippen LogP contribution in [0, 0.1) is 0 Å². The number of epoxide rings is 1. The Kier molecular flexibility index (Phi) is 4.36. The molecule has 5 fully saturated rings. The second-order valence-corrected chi connectivity index (χ2v) is 34.2. The van der Waals surface area contributed by atoms with E-state index in [0.717, 1.165) is 0 Å². The SMILES string of the molecule is C1CCCN([C@@]23C4=C5C6=C7C48OC84c8c2c2c9c3c3c%10c%11c(c%12c%13c%14c(c%15c%16c%17c(c4c4c8c8c2c2c%18c9c%10c9c%10c%11c%13c%11c%13c%14c%16c%14c%16c%17c4c4c8c2c2c(c4%16)c(c%14%13)c(c%10%11)c2c%189)[C@]7%15N2CCCCCC2)[C@]6%12N2CCCCCC2)[C@]53N2CCCCCC2)CC1. The molecule has 410 valence electrons. The van der Waals surface area contributed by atoms with E-state index in [1.54, 1.807) is 238 Å². The molecule has 2 unspecified atom stereocenters. The van der Waals surface area contributed by atoms with Crippen molar-refractivity contribution in [2.24, 2.45) is 0 Å². The first-order chi connectivity index (χ1) is 44.3. The minimum atomic E-state index is -0.607. The van der Waals surface area contributed by atoms with Crippen LogP contribution in [-0.2, 0) is 32.5 Å². The third-order valence-corrected chi connectivity index (χ3v) is 33.1. The maximum atomic E-state index is 9.46. The van der Waals surface area contributed by atoms with E-state index >= 15 is 0 Å². The van der Waals surface area contributed by atoms with Crippen LogP contribution in [0.1, 0.15) is 158 Å². The Hall–Kier alpha value is -7.22. The first-order valence-corrected chi connectivity index (χ1v) is 36.3. The Bertz CT molecular complexity index is 7030. The third kappa shape index (κ3) is 2.43. The van der Waals surface area contributed by atoms with Crippen LogP contribution < -0.4 is 0 Å². The van der Waals surface area contributed by atoms with Crippen molar-refractivity contribution in [3.05, 3.63) is 77.9 Å². The number of likely N-dealkylation sites (tertiary alicyclic amines) is 4. The lowest BCUT2D eigenvalue weighted by atomic mass is 9.51. The van der Waals surface area contributed by atoms with Gasteiger partial charge in [0.1, 0.15) is 0 Å². The summed E-state index contributed by atoms with van der Waals surface area (Å²) in [4.78, 5) is 13.5. The lowest BCUT2D eigenvalue weighted by molar-refractivity contribution is 0.0978. The van der Waals surface area contributed by atoms with Crippen LogP contribution in [0.4, 0.5) is 0 Å². The number of hydrogen-bond donors (Lipinski definition) is 0. The highest BCUT2D eigenvalue weighted by molar-refractivity contribution is 6.77. The van der Waals surface area contributed by atoms with Gasteiger partial charge < -0.3 is 4.74 Å². The van der Waals surface area contributed by atoms with E-state index in [0.29, 0.717) is 0 Å². The first-order valence-electron chi connectivity index (χ1n) is 36.3. The highest BCUT2D eigenvalue weighted by Crippen LogP contribution is 2.96. The van der Waals surface area contributed by atoms with E-state index in [9.17, 15) is 4.74 Å². The number of hydrogen-bond acceptors (Lipinski definition) is 5. The molecule has 0 saturated carbocycles. The van der Waals surface area contributed by atoms with E-state index < -0.39 is 33.4 Å². The first kappa shape index (κ1) is 39.1. The molecule has 5 aliphatic heterocycles. The van der Waals surface area contributed by atoms with Gasteiger partial charge in [-0.05, 0) is 375 Å². The molecule has 21 aromatic rings. The van der Waals surface area contributed by atoms with Crippen molar-refractivity contribution in [2.45, 2.75) is 136 Å². The summed E-state index contributed by atoms with van der Waals surface area (Å²) in [6, 6.07) is 0. The molecular formula is C84H48N4O. The number of benzene rings is 15. The fraction of sp³-hybridized carbons (Fsp3) is 0.357. The van der Waals surface area contributed by atoms with Gasteiger partial charge in [0.2, 0.25) is 0 Å². The fourth-order valence-electron chi connectivity index (χ4n) is 32.4. The van der Waals surface area contributed by atoms with Crippen molar-refractivity contribution in [1.29, 1.82) is 0 Å². The zero-order valence-electron chi connectivity index (χ0n) is 49.2. The molecule has 5 nitrogen and oxygen atoms in total. The number of nitrogens with zero attached hydrogens (tertiary/aromatic N) is 4. The van der Waals surface area contributed by atoms with Gasteiger partial charge in [0.05, 0.1) is 22.2 Å². The number of rotatable bonds is 4. The van der Waals surface area contributed by atoms with Gasteiger partial charge in [-0.1, -0.05) is 51.4 Å². The van der Waals surface area contributed by atoms with Gasteiger partial charge in [0, 0.05) is 22.3 Å². The van der Waals surface area contributed by atoms with E-state index in [-0.39, 0.29) is 0 Å². The predicted molar refractivity (Wildman–Crippen MR) is 360 cm³/mol. The lowest BCUT2D eigenvalue weighted by Gasteiger charge is -2.62. The van der Waals surface area contributed by atoms with Crippen molar-refractivity contribution >= 4 is 215 Å². The molecule has 0 bridgehead atoms. The highest BCUT2D eigenvalue weighted by atomic mass is 16.6. The van der Waals surface area contributed by atoms with Crippen LogP contribution in [0.2, 0.25) is 0 Å². The topological polar surface area (TPSA) is 25.5 Å². The summed E-state index contributed by atoms with van der Waals surface area (Å²) in [7, 11) is 0. The predicted octanol–water partition coefficient (Wildman–Crippen LogP) is 18.4. The monoisotopic (exact) mass is 1130 g/mol. The quantitative estimate of drug-likeness (QED) is 0.129. The van der Waals surface area contributed by atoms with Gasteiger partial charge in [0.15, 0.2) is 11.2 Å². The zero-order chi connectivity index (χ0) is 54.2. The molecule has 0 aromatic heterocycles. The molecular weight excluding hydrogens is 1080 g/mol. The van der Waals surface area contributed by atoms with E-state index in [4.69, 9.17) is 0 Å². The van der Waals surface area contributed by atoms with Crippen LogP contribution in [0.3, 0.4) is 0 Å². The molecule has 21 aromatic carbocycles. The summed E-state index contributed by atoms with van der Waals surface area (Å²) >= 11 is 0. The minimum absolute atomic E-state index is 0.429. The Morgan fingerprint density at radius 3 is 0.562 bits per heavy atom. The molecule has 11 aliphatic carbocycles. The van der Waals surface area contributed by atoms with Crippen molar-refractivity contribution in [3.8, 4) is 0 Å². The maximum absolute atomic E-state index is 9.46. The second-order valence-electron chi connectivity index (χ2n) is 34.2. The molecule has 89 heavy (non-hydrogen) atoms.